The number of halogens is 2. The number of H-pyrrole nitrogens is 1. The van der Waals surface area contributed by atoms with Gasteiger partial charge in [0.2, 0.25) is 0 Å². The predicted molar refractivity (Wildman–Crippen MR) is 175 cm³/mol. The quantitative estimate of drug-likeness (QED) is 0.0679. The molecule has 3 rings (SSSR count). The van der Waals surface area contributed by atoms with E-state index in [1.54, 1.807) is 20.2 Å². The summed E-state index contributed by atoms with van der Waals surface area (Å²) in [5, 5.41) is 14.1. The van der Waals surface area contributed by atoms with Crippen LogP contribution in [0.5, 0.6) is 0 Å². The van der Waals surface area contributed by atoms with Crippen molar-refractivity contribution in [1.29, 1.82) is 0 Å². The zero-order chi connectivity index (χ0) is 31.0. The second-order valence-electron chi connectivity index (χ2n) is 10.8. The molecule has 0 unspecified atom stereocenters. The van der Waals surface area contributed by atoms with Crippen LogP contribution in [0, 0.1) is 30.4 Å². The van der Waals surface area contributed by atoms with Crippen molar-refractivity contribution in [3.63, 3.8) is 0 Å². The number of hydrogen-bond acceptors (Lipinski definition) is 6. The Morgan fingerprint density at radius 3 is 2.40 bits per heavy atom. The van der Waals surface area contributed by atoms with E-state index >= 15 is 8.78 Å². The van der Waals surface area contributed by atoms with E-state index in [0.29, 0.717) is 28.9 Å². The maximum Gasteiger partial charge on any atom is 0.153 e. The summed E-state index contributed by atoms with van der Waals surface area (Å²) >= 11 is 1.29. The minimum atomic E-state index is -0.645. The van der Waals surface area contributed by atoms with Crippen LogP contribution in [0.15, 0.2) is 68.4 Å². The molecule has 1 fully saturated rings. The number of hydrogen-bond donors (Lipinski definition) is 3. The van der Waals surface area contributed by atoms with Gasteiger partial charge in [-0.1, -0.05) is 33.4 Å². The fourth-order valence-electron chi connectivity index (χ4n) is 4.46. The number of thioether (sulfide) groups is 1. The van der Waals surface area contributed by atoms with Crippen molar-refractivity contribution in [3.8, 4) is 0 Å². The number of anilines is 2. The van der Waals surface area contributed by atoms with Gasteiger partial charge in [0, 0.05) is 41.5 Å². The van der Waals surface area contributed by atoms with Crippen LogP contribution in [0.25, 0.3) is 0 Å². The van der Waals surface area contributed by atoms with Crippen molar-refractivity contribution in [1.82, 2.24) is 15.5 Å². The zero-order valence-electron chi connectivity index (χ0n) is 26.2. The van der Waals surface area contributed by atoms with Crippen molar-refractivity contribution in [3.05, 3.63) is 70.8 Å². The number of rotatable bonds is 14. The smallest absolute Gasteiger partial charge is 0.153 e. The van der Waals surface area contributed by atoms with Gasteiger partial charge in [-0.15, -0.1) is 11.8 Å². The maximum absolute atomic E-state index is 15.0. The lowest BCUT2D eigenvalue weighted by molar-refractivity contribution is 0.579. The molecule has 1 heterocycles. The molecule has 0 amide bonds. The Morgan fingerprint density at radius 1 is 1.24 bits per heavy atom. The first-order valence-corrected chi connectivity index (χ1v) is 15.7. The number of amidine groups is 1. The van der Waals surface area contributed by atoms with Gasteiger partial charge in [0.15, 0.2) is 17.5 Å². The number of aliphatic imine (C=N–C) groups is 2. The summed E-state index contributed by atoms with van der Waals surface area (Å²) in [6, 6.07) is 4.56. The van der Waals surface area contributed by atoms with Gasteiger partial charge in [-0.05, 0) is 82.4 Å². The lowest BCUT2D eigenvalue weighted by atomic mass is 9.98. The topological polar surface area (TPSA) is 80.7 Å². The van der Waals surface area contributed by atoms with Crippen molar-refractivity contribution in [2.75, 3.05) is 36.6 Å². The van der Waals surface area contributed by atoms with Gasteiger partial charge in [0.05, 0.1) is 5.70 Å². The lowest BCUT2D eigenvalue weighted by Crippen LogP contribution is -2.27. The lowest BCUT2D eigenvalue weighted by Gasteiger charge is -2.23. The van der Waals surface area contributed by atoms with Crippen LogP contribution < -0.4 is 15.5 Å². The van der Waals surface area contributed by atoms with Crippen LogP contribution >= 0.6 is 11.8 Å². The Labute approximate surface area is 253 Å². The van der Waals surface area contributed by atoms with Gasteiger partial charge in [0.25, 0.3) is 0 Å². The van der Waals surface area contributed by atoms with Gasteiger partial charge in [-0.25, -0.2) is 13.8 Å². The van der Waals surface area contributed by atoms with E-state index in [1.165, 1.54) is 28.8 Å². The minimum Gasteiger partial charge on any atom is -0.328 e. The molecule has 1 aliphatic carbocycles. The normalized spacial score (nSPS) is 15.3. The van der Waals surface area contributed by atoms with E-state index in [2.05, 4.69) is 48.2 Å². The van der Waals surface area contributed by atoms with Gasteiger partial charge in [-0.2, -0.15) is 5.10 Å². The van der Waals surface area contributed by atoms with Crippen LogP contribution in [0.2, 0.25) is 0 Å². The number of benzene rings is 1. The Kier molecular flexibility index (Phi) is 12.1. The van der Waals surface area contributed by atoms with Crippen LogP contribution in [-0.2, 0) is 0 Å². The Bertz CT molecular complexity index is 1360. The average Bonchev–Trinajstić information content (AvgIpc) is 3.69. The van der Waals surface area contributed by atoms with Gasteiger partial charge < -0.3 is 15.5 Å². The number of nitrogens with one attached hydrogen (secondary N) is 3. The molecule has 3 N–H and O–H groups in total. The second kappa shape index (κ2) is 15.3. The zero-order valence-corrected chi connectivity index (χ0v) is 27.0. The summed E-state index contributed by atoms with van der Waals surface area (Å²) < 4.78 is 30.1. The van der Waals surface area contributed by atoms with Crippen molar-refractivity contribution in [2.24, 2.45) is 21.8 Å². The molecular weight excluding hydrogens is 552 g/mol. The number of aromatic amines is 1. The van der Waals surface area contributed by atoms with Crippen LogP contribution in [0.4, 0.5) is 20.3 Å². The molecule has 0 saturated heterocycles. The number of aryl methyl sites for hydroxylation is 1. The third-order valence-electron chi connectivity index (χ3n) is 7.08. The van der Waals surface area contributed by atoms with E-state index in [4.69, 9.17) is 9.98 Å². The van der Waals surface area contributed by atoms with Crippen molar-refractivity contribution < 1.29 is 8.78 Å². The maximum atomic E-state index is 15.0. The van der Waals surface area contributed by atoms with Crippen LogP contribution in [0.3, 0.4) is 0 Å². The molecule has 1 aromatic carbocycles. The molecule has 0 radical (unpaired) electrons. The third-order valence-corrected chi connectivity index (χ3v) is 7.79. The highest BCUT2D eigenvalue weighted by atomic mass is 32.2. The number of nitrogens with zero attached hydrogens (tertiary/aromatic N) is 4. The molecule has 7 nitrogen and oxygen atoms in total. The number of aromatic nitrogens is 2. The average molecular weight is 598 g/mol. The van der Waals surface area contributed by atoms with E-state index in [1.807, 2.05) is 26.0 Å². The highest BCUT2D eigenvalue weighted by molar-refractivity contribution is 7.98. The van der Waals surface area contributed by atoms with Crippen molar-refractivity contribution in [2.45, 2.75) is 65.7 Å². The van der Waals surface area contributed by atoms with Crippen LogP contribution in [-0.4, -0.2) is 48.1 Å². The van der Waals surface area contributed by atoms with E-state index in [9.17, 15) is 0 Å². The molecule has 0 atom stereocenters. The summed E-state index contributed by atoms with van der Waals surface area (Å²) in [7, 11) is 1.61. The number of allylic oxidation sites excluding steroid dienone is 2. The summed E-state index contributed by atoms with van der Waals surface area (Å²) in [6.07, 6.45) is 6.78. The fourth-order valence-corrected chi connectivity index (χ4v) is 4.90. The van der Waals surface area contributed by atoms with E-state index in [0.717, 1.165) is 54.1 Å². The minimum absolute atomic E-state index is 0.157. The summed E-state index contributed by atoms with van der Waals surface area (Å²) in [5.41, 5.74) is 4.25. The molecule has 228 valence electrons. The van der Waals surface area contributed by atoms with Crippen molar-refractivity contribution >= 4 is 34.8 Å². The molecule has 1 aromatic heterocycles. The summed E-state index contributed by atoms with van der Waals surface area (Å²) in [4.78, 5) is 11.9. The molecule has 1 aliphatic rings. The van der Waals surface area contributed by atoms with Crippen LogP contribution in [0.1, 0.15) is 59.6 Å². The molecule has 2 aromatic rings. The molecule has 0 bridgehead atoms. The molecule has 42 heavy (non-hydrogen) atoms. The second-order valence-corrected chi connectivity index (χ2v) is 11.7. The molecule has 0 spiro atoms. The Morgan fingerprint density at radius 2 is 1.90 bits per heavy atom. The standard InChI is InChI=1S/C32H45F2N7S/c1-10-14-35-18-28(19(3)4)37-27(11-2)21(6)30(23-12-13-23)32(38-29-15-20(5)39-40-29)36-22(7)41(8)31-25(33)16-24(42-9)17-26(31)34/h11,15-17,19,23,35H,6,10,12-14,18H2,1-5,7-9H3,(H2,38,39,40)/b27-11-,32-30-,36-22+,37-28?. The van der Waals surface area contributed by atoms with E-state index < -0.39 is 11.6 Å². The predicted octanol–water partition coefficient (Wildman–Crippen LogP) is 7.86. The highest BCUT2D eigenvalue weighted by Crippen LogP contribution is 2.44. The molecule has 10 heteroatoms. The largest absolute Gasteiger partial charge is 0.328 e. The van der Waals surface area contributed by atoms with Gasteiger partial charge >= 0.3 is 0 Å². The first-order chi connectivity index (χ1) is 20.0. The Balaban J connectivity index is 2.12. The summed E-state index contributed by atoms with van der Waals surface area (Å²) in [5.74, 6) is 0.716. The Hall–Kier alpha value is -3.24. The van der Waals surface area contributed by atoms with Gasteiger partial charge in [0.1, 0.15) is 17.3 Å². The monoisotopic (exact) mass is 597 g/mol. The fraction of sp³-hybridized carbons (Fsp3) is 0.469. The first-order valence-electron chi connectivity index (χ1n) is 14.5. The highest BCUT2D eigenvalue weighted by Gasteiger charge is 2.32. The van der Waals surface area contributed by atoms with E-state index in [-0.39, 0.29) is 17.5 Å². The molecule has 0 aliphatic heterocycles. The first kappa shape index (κ1) is 33.3. The SMILES string of the molecule is C=C(/C(=C/C)N=C(CNCCC)C(C)C)/C(=C(\N=C(/C)N(C)c1c(F)cc(SC)cc1F)Nc1cc(C)[nH]n1)C1CC1. The molecular formula is C32H45F2N7S. The third kappa shape index (κ3) is 8.64. The molecule has 1 saturated carbocycles. The summed E-state index contributed by atoms with van der Waals surface area (Å²) in [6.45, 7) is 18.1. The van der Waals surface area contributed by atoms with Gasteiger partial charge in [-0.3, -0.25) is 10.1 Å².